The van der Waals surface area contributed by atoms with E-state index in [2.05, 4.69) is 31.9 Å². The molecule has 0 spiro atoms. The Bertz CT molecular complexity index is 3430. The van der Waals surface area contributed by atoms with Gasteiger partial charge in [0.1, 0.15) is 0 Å². The van der Waals surface area contributed by atoms with Crippen molar-refractivity contribution < 1.29 is 62.3 Å². The molecule has 8 aromatic carbocycles. The highest BCUT2D eigenvalue weighted by Gasteiger charge is 2.21. The third-order valence-electron chi connectivity index (χ3n) is 11.3. The molecule has 0 aromatic heterocycles. The molecule has 3 amide bonds. The molecular weight excluding hydrogens is 1030 g/mol. The topological polar surface area (TPSA) is 214 Å². The van der Waals surface area contributed by atoms with E-state index in [1.54, 1.807) is 133 Å². The number of benzene rings is 8. The van der Waals surface area contributed by atoms with Gasteiger partial charge in [0, 0.05) is 21.2 Å². The number of carbonyl (C=O) groups excluding carboxylic acids is 5. The first kappa shape index (κ1) is 51.6. The summed E-state index contributed by atoms with van der Waals surface area (Å²) in [6, 6.07) is 52.2. The normalized spacial score (nSPS) is 11.3. The number of hydrogen-bond acceptors (Lipinski definition) is 12. The lowest BCUT2D eigenvalue weighted by Crippen LogP contribution is -2.15. The van der Waals surface area contributed by atoms with E-state index in [0.29, 0.717) is 56.6 Å². The minimum absolute atomic E-state index is 0.0174. The molecule has 0 saturated heterocycles. The highest BCUT2D eigenvalue weighted by atomic mass is 79.9. The summed E-state index contributed by atoms with van der Waals surface area (Å²) >= 11 is 3.31. The van der Waals surface area contributed by atoms with Gasteiger partial charge in [0.05, 0.1) is 48.0 Å². The molecule has 16 nitrogen and oxygen atoms in total. The zero-order valence-corrected chi connectivity index (χ0v) is 41.5. The number of carbonyl (C=O) groups is 6. The van der Waals surface area contributed by atoms with Crippen molar-refractivity contribution in [1.82, 2.24) is 0 Å². The number of amides is 3. The lowest BCUT2D eigenvalue weighted by atomic mass is 10.0. The Labute approximate surface area is 437 Å². The molecule has 0 aliphatic carbocycles. The fourth-order valence-corrected chi connectivity index (χ4v) is 7.90. The molecule has 2 heterocycles. The van der Waals surface area contributed by atoms with Gasteiger partial charge in [0.25, 0.3) is 17.7 Å². The second kappa shape index (κ2) is 24.1. The molecule has 0 atom stereocenters. The van der Waals surface area contributed by atoms with Crippen LogP contribution >= 0.6 is 15.9 Å². The summed E-state index contributed by atoms with van der Waals surface area (Å²) in [7, 11) is 2.60. The number of fused-ring (bicyclic) bond motifs is 2. The average molecular weight is 1070 g/mol. The Balaban J connectivity index is 0.000000152. The summed E-state index contributed by atoms with van der Waals surface area (Å²) in [4.78, 5) is 72.5. The van der Waals surface area contributed by atoms with E-state index in [1.807, 2.05) is 42.5 Å². The van der Waals surface area contributed by atoms with E-state index < -0.39 is 17.9 Å². The molecule has 2 aliphatic heterocycles. The second-order valence-corrected chi connectivity index (χ2v) is 17.0. The molecule has 376 valence electrons. The second-order valence-electron chi connectivity index (χ2n) is 16.1. The Kier molecular flexibility index (Phi) is 16.6. The van der Waals surface area contributed by atoms with E-state index in [9.17, 15) is 33.9 Å². The molecule has 2 aliphatic rings. The fraction of sp³-hybridized carbons (Fsp3) is 0.0690. The number of carboxylic acid groups (broad SMARTS) is 1. The van der Waals surface area contributed by atoms with E-state index >= 15 is 0 Å². The van der Waals surface area contributed by atoms with E-state index in [4.69, 9.17) is 28.4 Å². The predicted octanol–water partition coefficient (Wildman–Crippen LogP) is 11.6. The maximum absolute atomic E-state index is 12.6. The van der Waals surface area contributed by atoms with Gasteiger partial charge in [-0.3, -0.25) is 14.4 Å². The molecule has 0 saturated carbocycles. The minimum atomic E-state index is -1.12. The van der Waals surface area contributed by atoms with Crippen molar-refractivity contribution in [3.63, 3.8) is 0 Å². The van der Waals surface area contributed by atoms with Crippen LogP contribution in [0.5, 0.6) is 23.0 Å². The van der Waals surface area contributed by atoms with Gasteiger partial charge >= 0.3 is 17.9 Å². The third kappa shape index (κ3) is 12.8. The summed E-state index contributed by atoms with van der Waals surface area (Å²) in [6.07, 6.45) is 0. The first-order valence-electron chi connectivity index (χ1n) is 22.8. The van der Waals surface area contributed by atoms with E-state index in [1.165, 1.54) is 20.3 Å². The molecule has 0 fully saturated rings. The van der Waals surface area contributed by atoms with Crippen molar-refractivity contribution in [2.45, 2.75) is 0 Å². The Morgan fingerprint density at radius 1 is 0.413 bits per heavy atom. The third-order valence-corrected chi connectivity index (χ3v) is 11.8. The number of esters is 2. The van der Waals surface area contributed by atoms with Crippen LogP contribution in [0, 0.1) is 0 Å². The number of rotatable bonds is 11. The maximum atomic E-state index is 12.6. The number of hydrogen-bond donors (Lipinski definition) is 4. The first-order chi connectivity index (χ1) is 36.4. The maximum Gasteiger partial charge on any atom is 0.339 e. The summed E-state index contributed by atoms with van der Waals surface area (Å²) < 4.78 is 31.8. The SMILES string of the molecule is COC(=O)c1ccc(-c2ccc3c(c2)OCO3)cc1NC(=O)c1ccccc1.COC(=O)c1ccc(Br)cc1NC(=O)c1ccccc1.O=C(Nc1cc(-c2ccc3c(c2)OCO3)ccc1C(=O)O)c1ccccc1. The van der Waals surface area contributed by atoms with Gasteiger partial charge in [0.2, 0.25) is 13.6 Å². The highest BCUT2D eigenvalue weighted by molar-refractivity contribution is 9.10. The van der Waals surface area contributed by atoms with Crippen LogP contribution in [-0.2, 0) is 9.47 Å². The largest absolute Gasteiger partial charge is 0.478 e. The number of carboxylic acids is 1. The molecule has 10 rings (SSSR count). The Morgan fingerprint density at radius 2 is 0.747 bits per heavy atom. The van der Waals surface area contributed by atoms with Crippen molar-refractivity contribution >= 4 is 68.6 Å². The van der Waals surface area contributed by atoms with Crippen LogP contribution in [0.1, 0.15) is 62.1 Å². The molecule has 0 radical (unpaired) electrons. The number of methoxy groups -OCH3 is 2. The molecule has 17 heteroatoms. The van der Waals surface area contributed by atoms with Crippen molar-refractivity contribution in [2.24, 2.45) is 0 Å². The summed E-state index contributed by atoms with van der Waals surface area (Å²) in [5, 5.41) is 17.7. The molecule has 0 bridgehead atoms. The van der Waals surface area contributed by atoms with Gasteiger partial charge in [-0.2, -0.15) is 0 Å². The van der Waals surface area contributed by atoms with E-state index in [0.717, 1.165) is 26.7 Å². The molecule has 75 heavy (non-hydrogen) atoms. The van der Waals surface area contributed by atoms with Crippen molar-refractivity contribution in [1.29, 1.82) is 0 Å². The van der Waals surface area contributed by atoms with E-state index in [-0.39, 0.29) is 48.1 Å². The van der Waals surface area contributed by atoms with Crippen LogP contribution in [0.15, 0.2) is 186 Å². The van der Waals surface area contributed by atoms with Gasteiger partial charge in [-0.1, -0.05) is 94.8 Å². The van der Waals surface area contributed by atoms with Gasteiger partial charge < -0.3 is 49.5 Å². The smallest absolute Gasteiger partial charge is 0.339 e. The van der Waals surface area contributed by atoms with Crippen LogP contribution in [0.3, 0.4) is 0 Å². The zero-order valence-electron chi connectivity index (χ0n) is 40.0. The first-order valence-corrected chi connectivity index (χ1v) is 23.5. The van der Waals surface area contributed by atoms with Gasteiger partial charge in [0.15, 0.2) is 23.0 Å². The number of ether oxygens (including phenoxy) is 6. The highest BCUT2D eigenvalue weighted by Crippen LogP contribution is 2.38. The zero-order chi connectivity index (χ0) is 52.8. The van der Waals surface area contributed by atoms with Crippen LogP contribution in [0.2, 0.25) is 0 Å². The Morgan fingerprint density at radius 3 is 1.15 bits per heavy atom. The van der Waals surface area contributed by atoms with Crippen LogP contribution < -0.4 is 34.9 Å². The lowest BCUT2D eigenvalue weighted by molar-refractivity contribution is 0.0592. The number of aromatic carboxylic acids is 1. The van der Waals surface area contributed by atoms with Crippen molar-refractivity contribution in [3.8, 4) is 45.3 Å². The molecule has 4 N–H and O–H groups in total. The molecular formula is C58H44BrN3O13. The number of nitrogens with one attached hydrogen (secondary N) is 3. The Hall–Kier alpha value is -9.74. The van der Waals surface area contributed by atoms with Gasteiger partial charge in [-0.15, -0.1) is 0 Å². The predicted molar refractivity (Wildman–Crippen MR) is 283 cm³/mol. The summed E-state index contributed by atoms with van der Waals surface area (Å²) in [5.74, 6) is -0.472. The molecule has 0 unspecified atom stereocenters. The summed E-state index contributed by atoms with van der Waals surface area (Å²) in [6.45, 7) is 0.369. The van der Waals surface area contributed by atoms with Crippen LogP contribution in [-0.4, -0.2) is 68.5 Å². The molecule has 8 aromatic rings. The van der Waals surface area contributed by atoms with Gasteiger partial charge in [-0.25, -0.2) is 14.4 Å². The standard InChI is InChI=1S/C22H17NO5.C21H15NO5.C15H12BrNO3/c1-26-22(25)17-9-7-15(16-8-10-19-20(12-16)28-13-27-19)11-18(17)23-21(24)14-5-3-2-4-6-14;23-20(13-4-2-1-3-5-13)22-17-10-14(6-8-16(17)21(24)25)15-7-9-18-19(11-15)27-12-26-18;1-20-15(19)12-8-7-11(16)9-13(12)17-14(18)10-5-3-2-4-6-10/h2-12H,13H2,1H3,(H,23,24);1-11H,12H2,(H,22,23)(H,24,25);2-9H,1H3,(H,17,18). The average Bonchev–Trinajstić information content (AvgIpc) is 4.13. The van der Waals surface area contributed by atoms with Crippen LogP contribution in [0.4, 0.5) is 17.1 Å². The number of anilines is 3. The van der Waals surface area contributed by atoms with Crippen LogP contribution in [0.25, 0.3) is 22.3 Å². The van der Waals surface area contributed by atoms with Crippen molar-refractivity contribution in [3.05, 3.63) is 220 Å². The number of halogens is 1. The summed E-state index contributed by atoms with van der Waals surface area (Å²) in [5.41, 5.74) is 6.32. The lowest BCUT2D eigenvalue weighted by Gasteiger charge is -2.12. The fourth-order valence-electron chi connectivity index (χ4n) is 7.54. The van der Waals surface area contributed by atoms with Gasteiger partial charge in [-0.05, 0) is 125 Å². The quantitative estimate of drug-likeness (QED) is 0.0889. The minimum Gasteiger partial charge on any atom is -0.478 e. The monoisotopic (exact) mass is 1070 g/mol. The van der Waals surface area contributed by atoms with Crippen molar-refractivity contribution in [2.75, 3.05) is 43.8 Å².